The fourth-order valence-corrected chi connectivity index (χ4v) is 4.43. The Morgan fingerprint density at radius 2 is 1.90 bits per heavy atom. The van der Waals surface area contributed by atoms with Crippen molar-refractivity contribution in [2.75, 3.05) is 0 Å². The minimum atomic E-state index is -0.444. The summed E-state index contributed by atoms with van der Waals surface area (Å²) < 4.78 is 7.89. The molecule has 0 saturated heterocycles. The predicted octanol–water partition coefficient (Wildman–Crippen LogP) is 4.24. The molecule has 8 heteroatoms. The van der Waals surface area contributed by atoms with Gasteiger partial charge in [0.1, 0.15) is 16.1 Å². The summed E-state index contributed by atoms with van der Waals surface area (Å²) in [6.45, 7) is 4.02. The fraction of sp³-hybridized carbons (Fsp3) is 0.0909. The molecule has 0 N–H and O–H groups in total. The number of hydrogen-bond acceptors (Lipinski definition) is 6. The molecule has 0 fully saturated rings. The zero-order valence-electron chi connectivity index (χ0n) is 16.1. The van der Waals surface area contributed by atoms with E-state index in [1.54, 1.807) is 40.8 Å². The largest absolute Gasteiger partial charge is 0.456 e. The topological polar surface area (TPSA) is 90.7 Å². The molecule has 0 spiro atoms. The van der Waals surface area contributed by atoms with E-state index in [0.29, 0.717) is 26.6 Å². The predicted molar refractivity (Wildman–Crippen MR) is 116 cm³/mol. The van der Waals surface area contributed by atoms with Gasteiger partial charge in [-0.3, -0.25) is 14.9 Å². The van der Waals surface area contributed by atoms with Crippen molar-refractivity contribution in [3.8, 4) is 11.3 Å². The molecule has 3 heterocycles. The lowest BCUT2D eigenvalue weighted by Crippen LogP contribution is -2.22. The molecule has 0 atom stereocenters. The summed E-state index contributed by atoms with van der Waals surface area (Å²) in [7, 11) is 0. The third-order valence-corrected chi connectivity index (χ3v) is 6.09. The molecule has 5 rings (SSSR count). The Balaban J connectivity index is 1.63. The second kappa shape index (κ2) is 6.64. The standard InChI is InChI=1S/C22H15N3O4S/c1-12-9-16-18(10-13(12)2)24-21(26)20(30-22(24)23-16)11-14-7-8-19(29-14)15-5-3-4-6-17(15)25(27)28/h3-11H,1-2H3/b20-11-. The second-order valence-corrected chi connectivity index (χ2v) is 8.06. The van der Waals surface area contributed by atoms with Gasteiger partial charge in [0.2, 0.25) is 0 Å². The number of nitro benzene ring substituents is 1. The maximum Gasteiger partial charge on any atom is 0.280 e. The van der Waals surface area contributed by atoms with Crippen LogP contribution in [0.25, 0.3) is 33.4 Å². The Hall–Kier alpha value is -3.78. The van der Waals surface area contributed by atoms with Gasteiger partial charge < -0.3 is 4.42 Å². The van der Waals surface area contributed by atoms with Crippen molar-refractivity contribution in [3.63, 3.8) is 0 Å². The van der Waals surface area contributed by atoms with E-state index in [2.05, 4.69) is 4.98 Å². The fourth-order valence-electron chi connectivity index (χ4n) is 3.46. The molecule has 2 aromatic carbocycles. The minimum absolute atomic E-state index is 0.0327. The molecule has 0 aliphatic rings. The Bertz CT molecular complexity index is 1580. The molecule has 0 unspecified atom stereocenters. The monoisotopic (exact) mass is 417 g/mol. The number of hydrogen-bond donors (Lipinski definition) is 0. The Labute approximate surface area is 173 Å². The Morgan fingerprint density at radius 3 is 2.70 bits per heavy atom. The SMILES string of the molecule is Cc1cc2nc3s/c(=C\c4ccc(-c5ccccc5[N+](=O)[O-])o4)c(=O)n3c2cc1C. The van der Waals surface area contributed by atoms with E-state index in [4.69, 9.17) is 4.42 Å². The lowest BCUT2D eigenvalue weighted by atomic mass is 10.1. The van der Waals surface area contributed by atoms with Crippen molar-refractivity contribution in [1.29, 1.82) is 0 Å². The highest BCUT2D eigenvalue weighted by Crippen LogP contribution is 2.31. The van der Waals surface area contributed by atoms with Gasteiger partial charge in [0.05, 0.1) is 21.5 Å². The Kier molecular flexibility index (Phi) is 4.04. The van der Waals surface area contributed by atoms with Crippen molar-refractivity contribution in [2.45, 2.75) is 13.8 Å². The van der Waals surface area contributed by atoms with Crippen molar-refractivity contribution < 1.29 is 9.34 Å². The van der Waals surface area contributed by atoms with Gasteiger partial charge in [-0.15, -0.1) is 0 Å². The smallest absolute Gasteiger partial charge is 0.280 e. The third-order valence-electron chi connectivity index (χ3n) is 5.12. The van der Waals surface area contributed by atoms with E-state index in [0.717, 1.165) is 22.2 Å². The average Bonchev–Trinajstić information content (AvgIpc) is 3.39. The molecule has 5 aromatic rings. The van der Waals surface area contributed by atoms with E-state index in [1.807, 2.05) is 26.0 Å². The first kappa shape index (κ1) is 18.3. The van der Waals surface area contributed by atoms with Gasteiger partial charge in [-0.2, -0.15) is 0 Å². The number of fused-ring (bicyclic) bond motifs is 3. The van der Waals surface area contributed by atoms with Gasteiger partial charge in [-0.05, 0) is 55.3 Å². The van der Waals surface area contributed by atoms with Gasteiger partial charge in [0, 0.05) is 12.1 Å². The van der Waals surface area contributed by atoms with Crippen LogP contribution >= 0.6 is 11.3 Å². The number of benzene rings is 2. The molecule has 0 amide bonds. The summed E-state index contributed by atoms with van der Waals surface area (Å²) in [5, 5.41) is 11.3. The van der Waals surface area contributed by atoms with Gasteiger partial charge in [-0.25, -0.2) is 9.38 Å². The van der Waals surface area contributed by atoms with E-state index in [9.17, 15) is 14.9 Å². The highest BCUT2D eigenvalue weighted by molar-refractivity contribution is 7.15. The van der Waals surface area contributed by atoms with Crippen LogP contribution in [-0.2, 0) is 0 Å². The molecule has 0 saturated carbocycles. The molecular formula is C22H15N3O4S. The number of para-hydroxylation sites is 1. The Morgan fingerprint density at radius 1 is 1.13 bits per heavy atom. The quantitative estimate of drug-likeness (QED) is 0.323. The first-order chi connectivity index (χ1) is 14.4. The summed E-state index contributed by atoms with van der Waals surface area (Å²) in [6, 6.07) is 13.7. The molecular weight excluding hydrogens is 402 g/mol. The lowest BCUT2D eigenvalue weighted by molar-refractivity contribution is -0.384. The summed E-state index contributed by atoms with van der Waals surface area (Å²) in [5.41, 5.74) is 4.01. The van der Waals surface area contributed by atoms with E-state index >= 15 is 0 Å². The van der Waals surface area contributed by atoms with Crippen LogP contribution in [0.3, 0.4) is 0 Å². The molecule has 0 aliphatic heterocycles. The second-order valence-electron chi connectivity index (χ2n) is 7.05. The maximum absolute atomic E-state index is 13.0. The molecule has 30 heavy (non-hydrogen) atoms. The van der Waals surface area contributed by atoms with Crippen LogP contribution in [0, 0.1) is 24.0 Å². The summed E-state index contributed by atoms with van der Waals surface area (Å²) in [4.78, 5) is 29.0. The maximum atomic E-state index is 13.0. The normalized spacial score (nSPS) is 12.3. The molecule has 0 bridgehead atoms. The van der Waals surface area contributed by atoms with E-state index in [-0.39, 0.29) is 11.2 Å². The highest BCUT2D eigenvalue weighted by atomic mass is 32.1. The van der Waals surface area contributed by atoms with Crippen molar-refractivity contribution in [1.82, 2.24) is 9.38 Å². The van der Waals surface area contributed by atoms with E-state index < -0.39 is 4.92 Å². The molecule has 0 radical (unpaired) electrons. The van der Waals surface area contributed by atoms with Crippen LogP contribution in [0.4, 0.5) is 5.69 Å². The minimum Gasteiger partial charge on any atom is -0.456 e. The van der Waals surface area contributed by atoms with Gasteiger partial charge in [0.25, 0.3) is 11.2 Å². The molecule has 3 aromatic heterocycles. The van der Waals surface area contributed by atoms with Gasteiger partial charge in [-0.1, -0.05) is 23.5 Å². The zero-order chi connectivity index (χ0) is 21.0. The number of imidazole rings is 1. The van der Waals surface area contributed by atoms with Crippen LogP contribution in [0.15, 0.2) is 57.7 Å². The van der Waals surface area contributed by atoms with Gasteiger partial charge >= 0.3 is 0 Å². The first-order valence-electron chi connectivity index (χ1n) is 9.20. The van der Waals surface area contributed by atoms with Crippen LogP contribution in [-0.4, -0.2) is 14.3 Å². The number of aromatic nitrogens is 2. The number of thiazole rings is 1. The third kappa shape index (κ3) is 2.81. The molecule has 148 valence electrons. The number of aryl methyl sites for hydroxylation is 2. The van der Waals surface area contributed by atoms with Crippen LogP contribution < -0.4 is 10.1 Å². The van der Waals surface area contributed by atoms with Crippen molar-refractivity contribution in [3.05, 3.63) is 90.4 Å². The lowest BCUT2D eigenvalue weighted by Gasteiger charge is -1.98. The zero-order valence-corrected chi connectivity index (χ0v) is 16.9. The highest BCUT2D eigenvalue weighted by Gasteiger charge is 2.17. The first-order valence-corrected chi connectivity index (χ1v) is 10.0. The van der Waals surface area contributed by atoms with Crippen LogP contribution in [0.1, 0.15) is 16.9 Å². The number of rotatable bonds is 3. The van der Waals surface area contributed by atoms with E-state index in [1.165, 1.54) is 17.4 Å². The number of nitrogens with zero attached hydrogens (tertiary/aromatic N) is 3. The number of nitro groups is 1. The van der Waals surface area contributed by atoms with Crippen molar-refractivity contribution >= 4 is 39.1 Å². The summed E-state index contributed by atoms with van der Waals surface area (Å²) in [6.07, 6.45) is 1.65. The van der Waals surface area contributed by atoms with Crippen LogP contribution in [0.5, 0.6) is 0 Å². The summed E-state index contributed by atoms with van der Waals surface area (Å²) >= 11 is 1.28. The average molecular weight is 417 g/mol. The number of furan rings is 1. The summed E-state index contributed by atoms with van der Waals surface area (Å²) in [5.74, 6) is 0.819. The van der Waals surface area contributed by atoms with Crippen LogP contribution in [0.2, 0.25) is 0 Å². The molecule has 7 nitrogen and oxygen atoms in total. The molecule has 0 aliphatic carbocycles. The van der Waals surface area contributed by atoms with Crippen molar-refractivity contribution in [2.24, 2.45) is 0 Å². The van der Waals surface area contributed by atoms with Gasteiger partial charge in [0.15, 0.2) is 4.96 Å².